The minimum atomic E-state index is -4.42. The van der Waals surface area contributed by atoms with Crippen molar-refractivity contribution < 1.29 is 22.8 Å². The molecule has 8 heteroatoms. The van der Waals surface area contributed by atoms with E-state index >= 15 is 0 Å². The fourth-order valence-corrected chi connectivity index (χ4v) is 2.58. The number of nitrogens with one attached hydrogen (secondary N) is 1. The van der Waals surface area contributed by atoms with Crippen LogP contribution in [0.2, 0.25) is 0 Å². The lowest BCUT2D eigenvalue weighted by Gasteiger charge is -2.33. The zero-order valence-electron chi connectivity index (χ0n) is 13.6. The van der Waals surface area contributed by atoms with Gasteiger partial charge < -0.3 is 15.1 Å². The number of piperidine rings is 1. The van der Waals surface area contributed by atoms with Crippen LogP contribution >= 0.6 is 0 Å². The number of alkyl halides is 3. The van der Waals surface area contributed by atoms with E-state index < -0.39 is 17.6 Å². The Hall–Kier alpha value is -2.25. The molecule has 1 N–H and O–H groups in total. The number of benzene rings is 1. The zero-order chi connectivity index (χ0) is 17.9. The van der Waals surface area contributed by atoms with Gasteiger partial charge in [0.1, 0.15) is 0 Å². The van der Waals surface area contributed by atoms with Crippen LogP contribution in [0.5, 0.6) is 0 Å². The molecule has 0 aromatic heterocycles. The summed E-state index contributed by atoms with van der Waals surface area (Å²) < 4.78 is 37.5. The van der Waals surface area contributed by atoms with E-state index in [1.54, 1.807) is 19.0 Å². The Morgan fingerprint density at radius 3 is 2.12 bits per heavy atom. The first kappa shape index (κ1) is 18.1. The van der Waals surface area contributed by atoms with Crippen molar-refractivity contribution in [1.29, 1.82) is 0 Å². The number of urea groups is 1. The Morgan fingerprint density at radius 2 is 1.67 bits per heavy atom. The summed E-state index contributed by atoms with van der Waals surface area (Å²) in [7, 11) is 3.36. The molecule has 1 fully saturated rings. The van der Waals surface area contributed by atoms with Gasteiger partial charge in [0, 0.05) is 38.8 Å². The SMILES string of the molecule is CN(C)C(=O)N1CCC(NC(=O)c2ccc(C(F)(F)F)cc2)CC1. The molecule has 1 aromatic carbocycles. The Bertz CT molecular complexity index is 592. The fraction of sp³-hybridized carbons (Fsp3) is 0.500. The number of halogens is 3. The normalized spacial score (nSPS) is 16.0. The molecule has 1 aromatic rings. The van der Waals surface area contributed by atoms with E-state index in [4.69, 9.17) is 0 Å². The van der Waals surface area contributed by atoms with Crippen LogP contribution in [-0.4, -0.2) is 55.0 Å². The number of nitrogens with zero attached hydrogens (tertiary/aromatic N) is 2. The first-order valence-electron chi connectivity index (χ1n) is 7.63. The summed E-state index contributed by atoms with van der Waals surface area (Å²) >= 11 is 0. The molecule has 1 saturated heterocycles. The highest BCUT2D eigenvalue weighted by atomic mass is 19.4. The minimum absolute atomic E-state index is 0.0671. The molecule has 0 radical (unpaired) electrons. The summed E-state index contributed by atoms with van der Waals surface area (Å²) in [4.78, 5) is 27.2. The summed E-state index contributed by atoms with van der Waals surface area (Å²) in [6, 6.07) is 3.97. The van der Waals surface area contributed by atoms with Gasteiger partial charge >= 0.3 is 12.2 Å². The molecule has 2 rings (SSSR count). The van der Waals surface area contributed by atoms with E-state index in [0.717, 1.165) is 12.1 Å². The molecule has 1 aliphatic rings. The van der Waals surface area contributed by atoms with Crippen LogP contribution in [0.25, 0.3) is 0 Å². The van der Waals surface area contributed by atoms with Crippen molar-refractivity contribution in [2.75, 3.05) is 27.2 Å². The molecule has 0 aliphatic carbocycles. The Labute approximate surface area is 138 Å². The number of rotatable bonds is 2. The number of hydrogen-bond acceptors (Lipinski definition) is 2. The number of likely N-dealkylation sites (tertiary alicyclic amines) is 1. The second-order valence-corrected chi connectivity index (χ2v) is 5.99. The van der Waals surface area contributed by atoms with E-state index in [-0.39, 0.29) is 17.6 Å². The summed E-state index contributed by atoms with van der Waals surface area (Å²) in [5, 5.41) is 2.81. The van der Waals surface area contributed by atoms with E-state index in [0.29, 0.717) is 25.9 Å². The second kappa shape index (κ2) is 7.11. The first-order valence-corrected chi connectivity index (χ1v) is 7.63. The van der Waals surface area contributed by atoms with Crippen molar-refractivity contribution in [3.8, 4) is 0 Å². The van der Waals surface area contributed by atoms with Crippen molar-refractivity contribution >= 4 is 11.9 Å². The molecule has 132 valence electrons. The Morgan fingerprint density at radius 1 is 1.12 bits per heavy atom. The molecular formula is C16H20F3N3O2. The smallest absolute Gasteiger partial charge is 0.349 e. The third-order valence-electron chi connectivity index (χ3n) is 3.96. The Kier molecular flexibility index (Phi) is 5.36. The highest BCUT2D eigenvalue weighted by molar-refractivity contribution is 5.94. The highest BCUT2D eigenvalue weighted by Crippen LogP contribution is 2.29. The predicted octanol–water partition coefficient (Wildman–Crippen LogP) is 2.58. The minimum Gasteiger partial charge on any atom is -0.349 e. The van der Waals surface area contributed by atoms with Gasteiger partial charge in [-0.05, 0) is 37.1 Å². The fourth-order valence-electron chi connectivity index (χ4n) is 2.58. The van der Waals surface area contributed by atoms with Gasteiger partial charge in [-0.3, -0.25) is 4.79 Å². The largest absolute Gasteiger partial charge is 0.416 e. The van der Waals surface area contributed by atoms with Crippen LogP contribution in [0.15, 0.2) is 24.3 Å². The van der Waals surface area contributed by atoms with Gasteiger partial charge in [0.25, 0.3) is 5.91 Å². The third kappa shape index (κ3) is 4.39. The maximum absolute atomic E-state index is 12.5. The zero-order valence-corrected chi connectivity index (χ0v) is 13.6. The lowest BCUT2D eigenvalue weighted by Crippen LogP contribution is -2.49. The van der Waals surface area contributed by atoms with Crippen molar-refractivity contribution in [2.24, 2.45) is 0 Å². The number of carbonyl (C=O) groups excluding carboxylic acids is 2. The van der Waals surface area contributed by atoms with Gasteiger partial charge in [-0.15, -0.1) is 0 Å². The van der Waals surface area contributed by atoms with Gasteiger partial charge in [-0.2, -0.15) is 13.2 Å². The van der Waals surface area contributed by atoms with Crippen LogP contribution in [-0.2, 0) is 6.18 Å². The van der Waals surface area contributed by atoms with Crippen LogP contribution in [0.4, 0.5) is 18.0 Å². The highest BCUT2D eigenvalue weighted by Gasteiger charge is 2.30. The lowest BCUT2D eigenvalue weighted by atomic mass is 10.0. The number of carbonyl (C=O) groups is 2. The topological polar surface area (TPSA) is 52.7 Å². The van der Waals surface area contributed by atoms with Gasteiger partial charge in [-0.25, -0.2) is 4.79 Å². The molecule has 0 unspecified atom stereocenters. The quantitative estimate of drug-likeness (QED) is 0.897. The molecular weight excluding hydrogens is 323 g/mol. The molecule has 24 heavy (non-hydrogen) atoms. The van der Waals surface area contributed by atoms with Crippen molar-refractivity contribution in [3.05, 3.63) is 35.4 Å². The van der Waals surface area contributed by atoms with Crippen molar-refractivity contribution in [1.82, 2.24) is 15.1 Å². The first-order chi connectivity index (χ1) is 11.2. The summed E-state index contributed by atoms with van der Waals surface area (Å²) in [5.41, 5.74) is -0.593. The maximum Gasteiger partial charge on any atom is 0.416 e. The predicted molar refractivity (Wildman–Crippen MR) is 82.6 cm³/mol. The molecule has 0 bridgehead atoms. The third-order valence-corrected chi connectivity index (χ3v) is 3.96. The van der Waals surface area contributed by atoms with Gasteiger partial charge in [0.2, 0.25) is 0 Å². The standard InChI is InChI=1S/C16H20F3N3O2/c1-21(2)15(24)22-9-7-13(8-10-22)20-14(23)11-3-5-12(6-4-11)16(17,18)19/h3-6,13H,7-10H2,1-2H3,(H,20,23). The molecule has 1 heterocycles. The monoisotopic (exact) mass is 343 g/mol. The van der Waals surface area contributed by atoms with Gasteiger partial charge in [-0.1, -0.05) is 0 Å². The number of hydrogen-bond donors (Lipinski definition) is 1. The van der Waals surface area contributed by atoms with Crippen LogP contribution in [0.3, 0.4) is 0 Å². The summed E-state index contributed by atoms with van der Waals surface area (Å²) in [6.45, 7) is 1.07. The lowest BCUT2D eigenvalue weighted by molar-refractivity contribution is -0.137. The molecule has 0 spiro atoms. The molecule has 5 nitrogen and oxygen atoms in total. The van der Waals surface area contributed by atoms with Crippen molar-refractivity contribution in [2.45, 2.75) is 25.1 Å². The van der Waals surface area contributed by atoms with Gasteiger partial charge in [0.15, 0.2) is 0 Å². The summed E-state index contributed by atoms with van der Waals surface area (Å²) in [6.07, 6.45) is -3.18. The van der Waals surface area contributed by atoms with Gasteiger partial charge in [0.05, 0.1) is 5.56 Å². The molecule has 0 saturated carbocycles. The van der Waals surface area contributed by atoms with E-state index in [2.05, 4.69) is 5.32 Å². The second-order valence-electron chi connectivity index (χ2n) is 5.99. The van der Waals surface area contributed by atoms with E-state index in [9.17, 15) is 22.8 Å². The average molecular weight is 343 g/mol. The van der Waals surface area contributed by atoms with Crippen LogP contribution in [0, 0.1) is 0 Å². The average Bonchev–Trinajstić information content (AvgIpc) is 2.54. The van der Waals surface area contributed by atoms with Crippen LogP contribution < -0.4 is 5.32 Å². The molecule has 0 atom stereocenters. The molecule has 3 amide bonds. The Balaban J connectivity index is 1.89. The molecule has 1 aliphatic heterocycles. The summed E-state index contributed by atoms with van der Waals surface area (Å²) in [5.74, 6) is -0.402. The van der Waals surface area contributed by atoms with E-state index in [1.165, 1.54) is 17.0 Å². The van der Waals surface area contributed by atoms with Crippen LogP contribution in [0.1, 0.15) is 28.8 Å². The van der Waals surface area contributed by atoms with Crippen molar-refractivity contribution in [3.63, 3.8) is 0 Å². The maximum atomic E-state index is 12.5. The number of amides is 3. The van der Waals surface area contributed by atoms with E-state index in [1.807, 2.05) is 0 Å².